The molecule has 176 valence electrons. The van der Waals surface area contributed by atoms with Crippen molar-refractivity contribution in [1.29, 1.82) is 0 Å². The maximum atomic E-state index is 14.5. The van der Waals surface area contributed by atoms with Gasteiger partial charge in [-0.2, -0.15) is 13.2 Å². The predicted molar refractivity (Wildman–Crippen MR) is 112 cm³/mol. The van der Waals surface area contributed by atoms with Gasteiger partial charge in [0.25, 0.3) is 0 Å². The van der Waals surface area contributed by atoms with Gasteiger partial charge in [-0.25, -0.2) is 18.6 Å². The molecule has 34 heavy (non-hydrogen) atoms. The molecule has 2 heterocycles. The number of alkyl halides is 3. The molecule has 7 nitrogen and oxygen atoms in total. The van der Waals surface area contributed by atoms with Crippen LogP contribution in [0.25, 0.3) is 0 Å². The molecule has 0 bridgehead atoms. The lowest BCUT2D eigenvalue weighted by Crippen LogP contribution is -2.21. The number of ether oxygens (including phenoxy) is 1. The van der Waals surface area contributed by atoms with Gasteiger partial charge in [-0.05, 0) is 42.8 Å². The molecular formula is C22H15F5N4O3. The Morgan fingerprint density at radius 1 is 0.971 bits per heavy atom. The molecule has 2 aromatic carbocycles. The first-order valence-corrected chi connectivity index (χ1v) is 9.80. The molecule has 0 aliphatic carbocycles. The van der Waals surface area contributed by atoms with Crippen LogP contribution in [0.2, 0.25) is 0 Å². The number of urea groups is 1. The Bertz CT molecular complexity index is 1280. The minimum Gasteiger partial charge on any atom is -0.457 e. The van der Waals surface area contributed by atoms with Crippen molar-refractivity contribution in [2.45, 2.75) is 19.0 Å². The smallest absolute Gasteiger partial charge is 0.416 e. The van der Waals surface area contributed by atoms with Crippen LogP contribution in [-0.2, 0) is 17.4 Å². The molecule has 0 radical (unpaired) electrons. The number of hydrogen-bond acceptors (Lipinski definition) is 4. The molecule has 0 spiro atoms. The average molecular weight is 478 g/mol. The fraction of sp³-hybridized carbons (Fsp3) is 0.136. The van der Waals surface area contributed by atoms with E-state index in [1.165, 1.54) is 18.3 Å². The summed E-state index contributed by atoms with van der Waals surface area (Å²) in [6.07, 6.45) is -2.68. The standard InChI is InChI=1S/C22H15F5N4O3/c23-14-4-1-11(22(25,26)27)9-17(14)30-21(33)29-16-5-2-12(10-15(16)24)34-18-7-8-28-20-13(18)3-6-19(32)31-20/h1-2,4-5,7-10H,3,6H2,(H,28,31,32)(H2,29,30,33). The number of carbonyl (C=O) groups is 2. The zero-order chi connectivity index (χ0) is 24.5. The number of pyridine rings is 1. The second kappa shape index (κ2) is 8.96. The minimum atomic E-state index is -4.73. The van der Waals surface area contributed by atoms with Crippen molar-refractivity contribution in [2.24, 2.45) is 0 Å². The van der Waals surface area contributed by atoms with Crippen LogP contribution < -0.4 is 20.7 Å². The lowest BCUT2D eigenvalue weighted by Gasteiger charge is -2.19. The summed E-state index contributed by atoms with van der Waals surface area (Å²) in [6, 6.07) is 5.43. The highest BCUT2D eigenvalue weighted by atomic mass is 19.4. The van der Waals surface area contributed by atoms with E-state index in [-0.39, 0.29) is 23.8 Å². The molecule has 3 N–H and O–H groups in total. The first kappa shape index (κ1) is 23.0. The van der Waals surface area contributed by atoms with Crippen molar-refractivity contribution in [2.75, 3.05) is 16.0 Å². The highest BCUT2D eigenvalue weighted by Gasteiger charge is 2.31. The SMILES string of the molecule is O=C1CCc2c(Oc3ccc(NC(=O)Nc4cc(C(F)(F)F)ccc4F)c(F)c3)ccnc2N1. The maximum absolute atomic E-state index is 14.5. The third kappa shape index (κ3) is 5.05. The van der Waals surface area contributed by atoms with Gasteiger partial charge < -0.3 is 20.7 Å². The maximum Gasteiger partial charge on any atom is 0.416 e. The molecular weight excluding hydrogens is 463 g/mol. The summed E-state index contributed by atoms with van der Waals surface area (Å²) in [5.41, 5.74) is -1.55. The van der Waals surface area contributed by atoms with E-state index in [0.717, 1.165) is 6.07 Å². The average Bonchev–Trinajstić information content (AvgIpc) is 2.76. The van der Waals surface area contributed by atoms with Crippen LogP contribution in [0.1, 0.15) is 17.5 Å². The molecule has 0 atom stereocenters. The molecule has 3 aromatic rings. The number of nitrogens with one attached hydrogen (secondary N) is 3. The Kier molecular flexibility index (Phi) is 6.05. The second-order valence-electron chi connectivity index (χ2n) is 7.20. The van der Waals surface area contributed by atoms with Crippen LogP contribution in [-0.4, -0.2) is 16.9 Å². The molecule has 3 amide bonds. The molecule has 4 rings (SSSR count). The summed E-state index contributed by atoms with van der Waals surface area (Å²) in [7, 11) is 0. The minimum absolute atomic E-state index is 0.0812. The quantitative estimate of drug-likeness (QED) is 0.420. The fourth-order valence-electron chi connectivity index (χ4n) is 3.21. The molecule has 0 fully saturated rings. The van der Waals surface area contributed by atoms with Crippen molar-refractivity contribution in [1.82, 2.24) is 4.98 Å². The van der Waals surface area contributed by atoms with Gasteiger partial charge in [0.1, 0.15) is 29.0 Å². The fourth-order valence-corrected chi connectivity index (χ4v) is 3.21. The van der Waals surface area contributed by atoms with E-state index in [9.17, 15) is 31.5 Å². The monoisotopic (exact) mass is 478 g/mol. The number of anilines is 3. The van der Waals surface area contributed by atoms with Crippen molar-refractivity contribution >= 4 is 29.1 Å². The van der Waals surface area contributed by atoms with E-state index >= 15 is 0 Å². The third-order valence-electron chi connectivity index (χ3n) is 4.83. The van der Waals surface area contributed by atoms with Gasteiger partial charge in [0.15, 0.2) is 0 Å². The van der Waals surface area contributed by atoms with Crippen LogP contribution in [0.4, 0.5) is 43.9 Å². The largest absolute Gasteiger partial charge is 0.457 e. The Morgan fingerprint density at radius 3 is 2.47 bits per heavy atom. The van der Waals surface area contributed by atoms with Gasteiger partial charge in [-0.3, -0.25) is 4.79 Å². The van der Waals surface area contributed by atoms with Gasteiger partial charge in [0, 0.05) is 24.2 Å². The normalized spacial score (nSPS) is 13.0. The van der Waals surface area contributed by atoms with Crippen LogP contribution in [0.5, 0.6) is 11.5 Å². The predicted octanol–water partition coefficient (Wildman–Crippen LogP) is 5.70. The first-order chi connectivity index (χ1) is 16.1. The van der Waals surface area contributed by atoms with Gasteiger partial charge in [0.05, 0.1) is 16.9 Å². The number of aromatic nitrogens is 1. The number of benzene rings is 2. The van der Waals surface area contributed by atoms with Crippen molar-refractivity contribution < 1.29 is 36.3 Å². The summed E-state index contributed by atoms with van der Waals surface area (Å²) in [5.74, 6) is -1.38. The topological polar surface area (TPSA) is 92.3 Å². The number of hydrogen-bond donors (Lipinski definition) is 3. The van der Waals surface area contributed by atoms with Crippen molar-refractivity contribution in [3.8, 4) is 11.5 Å². The Balaban J connectivity index is 1.46. The van der Waals surface area contributed by atoms with Crippen molar-refractivity contribution in [3.05, 3.63) is 71.4 Å². The summed E-state index contributed by atoms with van der Waals surface area (Å²) >= 11 is 0. The number of fused-ring (bicyclic) bond motifs is 1. The van der Waals surface area contributed by atoms with Crippen LogP contribution >= 0.6 is 0 Å². The van der Waals surface area contributed by atoms with E-state index in [4.69, 9.17) is 4.74 Å². The second-order valence-corrected chi connectivity index (χ2v) is 7.20. The van der Waals surface area contributed by atoms with E-state index in [1.54, 1.807) is 6.07 Å². The van der Waals surface area contributed by atoms with E-state index in [2.05, 4.69) is 15.6 Å². The Morgan fingerprint density at radius 2 is 1.74 bits per heavy atom. The summed E-state index contributed by atoms with van der Waals surface area (Å²) in [5, 5.41) is 6.65. The summed E-state index contributed by atoms with van der Waals surface area (Å²) in [4.78, 5) is 27.7. The molecule has 1 aromatic heterocycles. The zero-order valence-corrected chi connectivity index (χ0v) is 17.1. The van der Waals surface area contributed by atoms with Gasteiger partial charge >= 0.3 is 12.2 Å². The summed E-state index contributed by atoms with van der Waals surface area (Å²) in [6.45, 7) is 0. The van der Waals surface area contributed by atoms with Crippen LogP contribution in [0, 0.1) is 11.6 Å². The molecule has 0 unspecified atom stereocenters. The lowest BCUT2D eigenvalue weighted by molar-refractivity contribution is -0.137. The van der Waals surface area contributed by atoms with E-state index in [0.29, 0.717) is 41.8 Å². The van der Waals surface area contributed by atoms with Crippen molar-refractivity contribution in [3.63, 3.8) is 0 Å². The highest BCUT2D eigenvalue weighted by Crippen LogP contribution is 2.34. The molecule has 1 aliphatic heterocycles. The van der Waals surface area contributed by atoms with Crippen LogP contribution in [0.15, 0.2) is 48.7 Å². The summed E-state index contributed by atoms with van der Waals surface area (Å²) < 4.78 is 72.5. The zero-order valence-electron chi connectivity index (χ0n) is 17.1. The van der Waals surface area contributed by atoms with E-state index in [1.807, 2.05) is 5.32 Å². The molecule has 12 heteroatoms. The Labute approximate surface area is 188 Å². The number of rotatable bonds is 4. The molecule has 0 saturated heterocycles. The number of amides is 3. The Hall–Kier alpha value is -4.22. The lowest BCUT2D eigenvalue weighted by atomic mass is 10.1. The third-order valence-corrected chi connectivity index (χ3v) is 4.83. The number of halogens is 5. The van der Waals surface area contributed by atoms with Crippen LogP contribution in [0.3, 0.4) is 0 Å². The van der Waals surface area contributed by atoms with Gasteiger partial charge in [-0.15, -0.1) is 0 Å². The molecule has 1 aliphatic rings. The highest BCUT2D eigenvalue weighted by molar-refractivity contribution is 6.00. The van der Waals surface area contributed by atoms with Gasteiger partial charge in [0.2, 0.25) is 5.91 Å². The number of carbonyl (C=O) groups excluding carboxylic acids is 2. The van der Waals surface area contributed by atoms with Gasteiger partial charge in [-0.1, -0.05) is 0 Å². The van der Waals surface area contributed by atoms with E-state index < -0.39 is 35.1 Å². The first-order valence-electron chi connectivity index (χ1n) is 9.80. The number of nitrogens with zero attached hydrogens (tertiary/aromatic N) is 1. The molecule has 0 saturated carbocycles.